The number of benzene rings is 3. The van der Waals surface area contributed by atoms with Crippen LogP contribution in [0.4, 0.5) is 20.2 Å². The third-order valence-corrected chi connectivity index (χ3v) is 7.54. The van der Waals surface area contributed by atoms with Crippen molar-refractivity contribution in [3.8, 4) is 16.9 Å². The molecule has 1 amide bonds. The predicted molar refractivity (Wildman–Crippen MR) is 115 cm³/mol. The largest absolute Gasteiger partial charge is 0.508 e. The Morgan fingerprint density at radius 3 is 2.47 bits per heavy atom. The number of anilines is 2. The van der Waals surface area contributed by atoms with Gasteiger partial charge in [-0.3, -0.25) is 9.52 Å². The molecule has 0 unspecified atom stereocenters. The molecule has 0 atom stereocenters. The zero-order valence-corrected chi connectivity index (χ0v) is 17.5. The second-order valence-corrected chi connectivity index (χ2v) is 9.72. The van der Waals surface area contributed by atoms with E-state index in [4.69, 9.17) is 0 Å². The van der Waals surface area contributed by atoms with Gasteiger partial charge in [0.15, 0.2) is 0 Å². The Hall–Kier alpha value is -3.46. The maximum absolute atomic E-state index is 14.2. The molecular weight excluding hydrogens is 438 g/mol. The summed E-state index contributed by atoms with van der Waals surface area (Å²) >= 11 is 0. The fourth-order valence-corrected chi connectivity index (χ4v) is 5.50. The number of sulfonamides is 1. The summed E-state index contributed by atoms with van der Waals surface area (Å²) < 4.78 is 55.4. The van der Waals surface area contributed by atoms with Gasteiger partial charge in [-0.1, -0.05) is 18.6 Å². The molecule has 1 spiro atoms. The van der Waals surface area contributed by atoms with Crippen molar-refractivity contribution in [2.24, 2.45) is 0 Å². The molecule has 1 heterocycles. The summed E-state index contributed by atoms with van der Waals surface area (Å²) in [4.78, 5) is 12.1. The summed E-state index contributed by atoms with van der Waals surface area (Å²) in [5.74, 6) is -2.23. The first-order valence-corrected chi connectivity index (χ1v) is 11.5. The average molecular weight is 456 g/mol. The monoisotopic (exact) mass is 456 g/mol. The summed E-state index contributed by atoms with van der Waals surface area (Å²) in [5.41, 5.74) is 1.72. The molecule has 32 heavy (non-hydrogen) atoms. The van der Waals surface area contributed by atoms with Crippen LogP contribution in [0.15, 0.2) is 59.5 Å². The van der Waals surface area contributed by atoms with E-state index >= 15 is 0 Å². The Kier molecular flexibility index (Phi) is 4.49. The van der Waals surface area contributed by atoms with Crippen LogP contribution in [-0.2, 0) is 20.2 Å². The summed E-state index contributed by atoms with van der Waals surface area (Å²) in [6.07, 6.45) is 2.13. The highest BCUT2D eigenvalue weighted by molar-refractivity contribution is 7.92. The van der Waals surface area contributed by atoms with Gasteiger partial charge < -0.3 is 10.4 Å². The molecule has 3 aromatic rings. The second kappa shape index (κ2) is 7.03. The van der Waals surface area contributed by atoms with Crippen LogP contribution in [0.25, 0.3) is 11.1 Å². The molecule has 0 bridgehead atoms. The number of hydrogen-bond donors (Lipinski definition) is 3. The summed E-state index contributed by atoms with van der Waals surface area (Å²) in [6, 6.07) is 11.7. The van der Waals surface area contributed by atoms with Gasteiger partial charge in [-0.25, -0.2) is 17.2 Å². The minimum Gasteiger partial charge on any atom is -0.508 e. The highest BCUT2D eigenvalue weighted by Crippen LogP contribution is 2.54. The summed E-state index contributed by atoms with van der Waals surface area (Å²) in [7, 11) is -4.37. The van der Waals surface area contributed by atoms with Gasteiger partial charge in [-0.2, -0.15) is 0 Å². The van der Waals surface area contributed by atoms with E-state index in [0.29, 0.717) is 41.3 Å². The van der Waals surface area contributed by atoms with Crippen molar-refractivity contribution in [1.82, 2.24) is 0 Å². The van der Waals surface area contributed by atoms with Gasteiger partial charge in [-0.15, -0.1) is 0 Å². The summed E-state index contributed by atoms with van der Waals surface area (Å²) in [6.45, 7) is 0. The van der Waals surface area contributed by atoms with Gasteiger partial charge in [0.2, 0.25) is 5.91 Å². The topological polar surface area (TPSA) is 95.5 Å². The minimum absolute atomic E-state index is 0.0123. The Balaban J connectivity index is 1.65. The van der Waals surface area contributed by atoms with Crippen molar-refractivity contribution in [3.63, 3.8) is 0 Å². The predicted octanol–water partition coefficient (Wildman–Crippen LogP) is 4.51. The third-order valence-electron chi connectivity index (χ3n) is 6.13. The van der Waals surface area contributed by atoms with E-state index in [0.717, 1.165) is 18.6 Å². The van der Waals surface area contributed by atoms with Gasteiger partial charge in [-0.05, 0) is 60.4 Å². The fourth-order valence-electron chi connectivity index (χ4n) is 4.40. The lowest BCUT2D eigenvalue weighted by atomic mass is 9.65. The molecular formula is C23H18F2N2O4S. The zero-order valence-electron chi connectivity index (χ0n) is 16.7. The van der Waals surface area contributed by atoms with Crippen LogP contribution in [0.5, 0.6) is 5.75 Å². The summed E-state index contributed by atoms with van der Waals surface area (Å²) in [5, 5.41) is 12.8. The average Bonchev–Trinajstić information content (AvgIpc) is 2.98. The molecule has 3 aromatic carbocycles. The number of nitrogens with one attached hydrogen (secondary N) is 2. The molecule has 2 aliphatic rings. The molecule has 0 saturated heterocycles. The van der Waals surface area contributed by atoms with Crippen LogP contribution in [-0.4, -0.2) is 19.4 Å². The SMILES string of the molecule is O=C1Nc2c(-c3cccc(O)c3)cc(NS(=O)(=O)c3ccc(F)cc3F)cc2C12CCC2. The molecule has 6 nitrogen and oxygen atoms in total. The van der Waals surface area contributed by atoms with Crippen molar-refractivity contribution in [3.05, 3.63) is 71.8 Å². The van der Waals surface area contributed by atoms with E-state index < -0.39 is 32.0 Å². The number of hydrogen-bond acceptors (Lipinski definition) is 4. The lowest BCUT2D eigenvalue weighted by Crippen LogP contribution is -2.40. The molecule has 0 radical (unpaired) electrons. The van der Waals surface area contributed by atoms with Crippen LogP contribution >= 0.6 is 0 Å². The number of carbonyl (C=O) groups excluding carboxylic acids is 1. The molecule has 1 aliphatic heterocycles. The lowest BCUT2D eigenvalue weighted by Gasteiger charge is -2.36. The number of phenolic OH excluding ortho intramolecular Hbond substituents is 1. The van der Waals surface area contributed by atoms with Gasteiger partial charge in [0, 0.05) is 17.3 Å². The maximum Gasteiger partial charge on any atom is 0.264 e. The van der Waals surface area contributed by atoms with Gasteiger partial charge in [0.1, 0.15) is 22.3 Å². The molecule has 3 N–H and O–H groups in total. The Bertz CT molecular complexity index is 1380. The minimum atomic E-state index is -4.37. The number of fused-ring (bicyclic) bond motifs is 2. The van der Waals surface area contributed by atoms with E-state index in [1.54, 1.807) is 18.2 Å². The highest BCUT2D eigenvalue weighted by Gasteiger charge is 2.51. The highest BCUT2D eigenvalue weighted by atomic mass is 32.2. The van der Waals surface area contributed by atoms with E-state index in [-0.39, 0.29) is 17.3 Å². The molecule has 164 valence electrons. The van der Waals surface area contributed by atoms with Crippen LogP contribution < -0.4 is 10.0 Å². The molecule has 0 aromatic heterocycles. The van der Waals surface area contributed by atoms with Crippen LogP contribution in [0.2, 0.25) is 0 Å². The van der Waals surface area contributed by atoms with E-state index in [1.807, 2.05) is 0 Å². The molecule has 5 rings (SSSR count). The first-order chi connectivity index (χ1) is 15.2. The normalized spacial score (nSPS) is 16.4. The van der Waals surface area contributed by atoms with Gasteiger partial charge >= 0.3 is 0 Å². The van der Waals surface area contributed by atoms with Crippen molar-refractivity contribution in [2.75, 3.05) is 10.0 Å². The second-order valence-electron chi connectivity index (χ2n) is 8.07. The molecule has 9 heteroatoms. The van der Waals surface area contributed by atoms with Gasteiger partial charge in [0.05, 0.1) is 11.1 Å². The quantitative estimate of drug-likeness (QED) is 0.538. The smallest absolute Gasteiger partial charge is 0.264 e. The molecule has 1 fully saturated rings. The van der Waals surface area contributed by atoms with Crippen molar-refractivity contribution >= 4 is 27.3 Å². The van der Waals surface area contributed by atoms with Gasteiger partial charge in [0.25, 0.3) is 10.0 Å². The number of phenols is 1. The van der Waals surface area contributed by atoms with Crippen molar-refractivity contribution in [2.45, 2.75) is 29.6 Å². The van der Waals surface area contributed by atoms with Crippen LogP contribution in [0.3, 0.4) is 0 Å². The Morgan fingerprint density at radius 1 is 1.03 bits per heavy atom. The number of carbonyl (C=O) groups is 1. The maximum atomic E-state index is 14.2. The third kappa shape index (κ3) is 3.12. The Morgan fingerprint density at radius 2 is 1.81 bits per heavy atom. The van der Waals surface area contributed by atoms with E-state index in [2.05, 4.69) is 10.0 Å². The number of aromatic hydroxyl groups is 1. The molecule has 1 saturated carbocycles. The lowest BCUT2D eigenvalue weighted by molar-refractivity contribution is -0.123. The van der Waals surface area contributed by atoms with Crippen LogP contribution in [0, 0.1) is 11.6 Å². The standard InChI is InChI=1S/C23H18F2N2O4S/c24-14-5-6-20(19(25)10-14)32(30,31)27-15-11-17(13-3-1-4-16(28)9-13)21-18(12-15)23(7-2-8-23)22(29)26-21/h1,3-6,9-12,27-28H,2,7-8H2,(H,26,29). The van der Waals surface area contributed by atoms with E-state index in [1.165, 1.54) is 18.2 Å². The number of amides is 1. The van der Waals surface area contributed by atoms with Crippen molar-refractivity contribution in [1.29, 1.82) is 0 Å². The fraction of sp³-hybridized carbons (Fsp3) is 0.174. The first kappa shape index (κ1) is 20.4. The number of halogens is 2. The van der Waals surface area contributed by atoms with Crippen LogP contribution in [0.1, 0.15) is 24.8 Å². The van der Waals surface area contributed by atoms with E-state index in [9.17, 15) is 27.1 Å². The molecule has 1 aliphatic carbocycles. The van der Waals surface area contributed by atoms with Crippen molar-refractivity contribution < 1.29 is 27.1 Å². The number of rotatable bonds is 4. The Labute approximate surface area is 183 Å². The first-order valence-electron chi connectivity index (χ1n) is 9.97. The zero-order chi connectivity index (χ0) is 22.7.